The lowest BCUT2D eigenvalue weighted by Gasteiger charge is -2.34. The summed E-state index contributed by atoms with van der Waals surface area (Å²) in [5.74, 6) is 0.742. The summed E-state index contributed by atoms with van der Waals surface area (Å²) in [6.07, 6.45) is -3.18. The van der Waals surface area contributed by atoms with E-state index in [4.69, 9.17) is 9.47 Å². The number of hydrogen-bond donors (Lipinski definition) is 0. The fourth-order valence-corrected chi connectivity index (χ4v) is 3.56. The molecule has 0 bridgehead atoms. The van der Waals surface area contributed by atoms with Crippen LogP contribution in [0, 0.1) is 0 Å². The Hall–Kier alpha value is -3.59. The maximum Gasteiger partial charge on any atom is 0.417 e. The highest BCUT2D eigenvalue weighted by atomic mass is 19.4. The smallest absolute Gasteiger partial charge is 0.417 e. The van der Waals surface area contributed by atoms with E-state index >= 15 is 0 Å². The summed E-state index contributed by atoms with van der Waals surface area (Å²) in [6.45, 7) is 3.70. The van der Waals surface area contributed by atoms with Gasteiger partial charge in [-0.15, -0.1) is 0 Å². The third-order valence-corrected chi connectivity index (χ3v) is 5.51. The van der Waals surface area contributed by atoms with Gasteiger partial charge in [0, 0.05) is 45.0 Å². The fraction of sp³-hybridized carbons (Fsp3) is 0.280. The van der Waals surface area contributed by atoms with Crippen molar-refractivity contribution in [3.63, 3.8) is 0 Å². The van der Waals surface area contributed by atoms with Crippen molar-refractivity contribution in [2.24, 2.45) is 0 Å². The van der Waals surface area contributed by atoms with Crippen molar-refractivity contribution in [3.05, 3.63) is 84.1 Å². The number of halogens is 3. The van der Waals surface area contributed by atoms with Crippen molar-refractivity contribution < 1.29 is 27.4 Å². The minimum atomic E-state index is -4.45. The standard InChI is InChI=1S/C25H24F3N3O3/c26-25(27,28)20-6-11-23(29-18-20)33-21-7-9-22(10-8-21)34-24(32)31-16-14-30(15-17-31)13-12-19-4-2-1-3-5-19/h1-11,18H,12-17H2. The summed E-state index contributed by atoms with van der Waals surface area (Å²) in [4.78, 5) is 20.2. The van der Waals surface area contributed by atoms with E-state index < -0.39 is 17.8 Å². The number of amides is 1. The van der Waals surface area contributed by atoms with Gasteiger partial charge in [-0.2, -0.15) is 13.2 Å². The van der Waals surface area contributed by atoms with E-state index in [-0.39, 0.29) is 5.88 Å². The number of alkyl halides is 3. The molecule has 0 saturated carbocycles. The Balaban J connectivity index is 1.22. The topological polar surface area (TPSA) is 54.9 Å². The minimum absolute atomic E-state index is 0.0304. The Morgan fingerprint density at radius 1 is 0.882 bits per heavy atom. The van der Waals surface area contributed by atoms with E-state index in [1.807, 2.05) is 18.2 Å². The average Bonchev–Trinajstić information content (AvgIpc) is 2.85. The summed E-state index contributed by atoms with van der Waals surface area (Å²) >= 11 is 0. The number of rotatable bonds is 6. The van der Waals surface area contributed by atoms with Crippen molar-refractivity contribution in [3.8, 4) is 17.4 Å². The van der Waals surface area contributed by atoms with Crippen LogP contribution in [0.1, 0.15) is 11.1 Å². The molecule has 4 rings (SSSR count). The molecular weight excluding hydrogens is 447 g/mol. The summed E-state index contributed by atoms with van der Waals surface area (Å²) in [7, 11) is 0. The van der Waals surface area contributed by atoms with Crippen LogP contribution < -0.4 is 9.47 Å². The van der Waals surface area contributed by atoms with Gasteiger partial charge in [-0.1, -0.05) is 30.3 Å². The minimum Gasteiger partial charge on any atom is -0.439 e. The Bertz CT molecular complexity index is 1070. The Labute approximate surface area is 195 Å². The van der Waals surface area contributed by atoms with Crippen LogP contribution in [0.5, 0.6) is 17.4 Å². The Kier molecular flexibility index (Phi) is 7.32. The number of piperazine rings is 1. The van der Waals surface area contributed by atoms with Crippen LogP contribution >= 0.6 is 0 Å². The molecule has 0 unspecified atom stereocenters. The first-order valence-corrected chi connectivity index (χ1v) is 10.9. The predicted molar refractivity (Wildman–Crippen MR) is 120 cm³/mol. The van der Waals surface area contributed by atoms with Crippen LogP contribution in [0.4, 0.5) is 18.0 Å². The Morgan fingerprint density at radius 3 is 2.18 bits per heavy atom. The predicted octanol–water partition coefficient (Wildman–Crippen LogP) is 5.25. The molecule has 1 aliphatic heterocycles. The zero-order valence-electron chi connectivity index (χ0n) is 18.4. The van der Waals surface area contributed by atoms with Gasteiger partial charge in [0.15, 0.2) is 0 Å². The monoisotopic (exact) mass is 471 g/mol. The second kappa shape index (κ2) is 10.6. The molecule has 1 saturated heterocycles. The number of ether oxygens (including phenoxy) is 2. The maximum atomic E-state index is 12.6. The van der Waals surface area contributed by atoms with Gasteiger partial charge < -0.3 is 14.4 Å². The number of carbonyl (C=O) groups excluding carboxylic acids is 1. The largest absolute Gasteiger partial charge is 0.439 e. The first kappa shape index (κ1) is 23.6. The normalized spacial score (nSPS) is 14.6. The number of carbonyl (C=O) groups is 1. The van der Waals surface area contributed by atoms with Crippen molar-refractivity contribution >= 4 is 6.09 Å². The van der Waals surface area contributed by atoms with Crippen LogP contribution in [0.15, 0.2) is 72.9 Å². The SMILES string of the molecule is O=C(Oc1ccc(Oc2ccc(C(F)(F)F)cn2)cc1)N1CCN(CCc2ccccc2)CC1. The molecule has 34 heavy (non-hydrogen) atoms. The lowest BCUT2D eigenvalue weighted by Crippen LogP contribution is -2.49. The molecule has 0 N–H and O–H groups in total. The fourth-order valence-electron chi connectivity index (χ4n) is 3.56. The van der Waals surface area contributed by atoms with Crippen molar-refractivity contribution in [1.29, 1.82) is 0 Å². The van der Waals surface area contributed by atoms with Gasteiger partial charge in [0.2, 0.25) is 5.88 Å². The van der Waals surface area contributed by atoms with E-state index in [1.54, 1.807) is 29.2 Å². The molecule has 1 aromatic heterocycles. The molecule has 0 radical (unpaired) electrons. The van der Waals surface area contributed by atoms with Crippen molar-refractivity contribution in [2.45, 2.75) is 12.6 Å². The molecule has 0 aliphatic carbocycles. The van der Waals surface area contributed by atoms with Crippen molar-refractivity contribution in [2.75, 3.05) is 32.7 Å². The molecule has 2 aromatic carbocycles. The molecule has 0 atom stereocenters. The summed E-state index contributed by atoms with van der Waals surface area (Å²) in [5, 5.41) is 0. The van der Waals surface area contributed by atoms with E-state index in [9.17, 15) is 18.0 Å². The van der Waals surface area contributed by atoms with E-state index in [1.165, 1.54) is 5.56 Å². The molecule has 1 amide bonds. The zero-order valence-corrected chi connectivity index (χ0v) is 18.4. The van der Waals surface area contributed by atoms with Gasteiger partial charge in [-0.25, -0.2) is 9.78 Å². The third-order valence-electron chi connectivity index (χ3n) is 5.51. The zero-order chi connectivity index (χ0) is 24.0. The lowest BCUT2D eigenvalue weighted by molar-refractivity contribution is -0.137. The second-order valence-corrected chi connectivity index (χ2v) is 7.89. The number of hydrogen-bond acceptors (Lipinski definition) is 5. The number of pyridine rings is 1. The van der Waals surface area contributed by atoms with Gasteiger partial charge in [0.1, 0.15) is 11.5 Å². The summed E-state index contributed by atoms with van der Waals surface area (Å²) < 4.78 is 48.8. The van der Waals surface area contributed by atoms with E-state index in [0.717, 1.165) is 38.2 Å². The molecule has 2 heterocycles. The van der Waals surface area contributed by atoms with Crippen LogP contribution in [0.25, 0.3) is 0 Å². The van der Waals surface area contributed by atoms with Crippen LogP contribution in [0.3, 0.4) is 0 Å². The summed E-state index contributed by atoms with van der Waals surface area (Å²) in [5.41, 5.74) is 0.449. The maximum absolute atomic E-state index is 12.6. The van der Waals surface area contributed by atoms with Crippen LogP contribution in [0.2, 0.25) is 0 Å². The van der Waals surface area contributed by atoms with Crippen LogP contribution in [-0.2, 0) is 12.6 Å². The Morgan fingerprint density at radius 2 is 1.56 bits per heavy atom. The first-order chi connectivity index (χ1) is 16.4. The first-order valence-electron chi connectivity index (χ1n) is 10.9. The second-order valence-electron chi connectivity index (χ2n) is 7.89. The molecular formula is C25H24F3N3O3. The molecule has 1 aliphatic rings. The average molecular weight is 471 g/mol. The van der Waals surface area contributed by atoms with E-state index in [2.05, 4.69) is 22.0 Å². The third kappa shape index (κ3) is 6.48. The van der Waals surface area contributed by atoms with Gasteiger partial charge in [0.25, 0.3) is 0 Å². The molecule has 3 aromatic rings. The number of nitrogens with zero attached hydrogens (tertiary/aromatic N) is 3. The van der Waals surface area contributed by atoms with Gasteiger partial charge in [-0.3, -0.25) is 4.90 Å². The highest BCUT2D eigenvalue weighted by molar-refractivity contribution is 5.70. The highest BCUT2D eigenvalue weighted by Crippen LogP contribution is 2.30. The van der Waals surface area contributed by atoms with Crippen molar-refractivity contribution in [1.82, 2.24) is 14.8 Å². The van der Waals surface area contributed by atoms with E-state index in [0.29, 0.717) is 30.8 Å². The molecule has 0 spiro atoms. The lowest BCUT2D eigenvalue weighted by atomic mass is 10.1. The van der Waals surface area contributed by atoms with Gasteiger partial charge in [-0.05, 0) is 42.3 Å². The molecule has 9 heteroatoms. The molecule has 6 nitrogen and oxygen atoms in total. The number of benzene rings is 2. The molecule has 178 valence electrons. The number of aromatic nitrogens is 1. The molecule has 1 fully saturated rings. The quantitative estimate of drug-likeness (QED) is 0.492. The van der Waals surface area contributed by atoms with Gasteiger partial charge in [0.05, 0.1) is 5.56 Å². The van der Waals surface area contributed by atoms with Crippen LogP contribution in [-0.4, -0.2) is 53.6 Å². The summed E-state index contributed by atoms with van der Waals surface area (Å²) in [6, 6.07) is 18.6. The van der Waals surface area contributed by atoms with Gasteiger partial charge >= 0.3 is 12.3 Å². The highest BCUT2D eigenvalue weighted by Gasteiger charge is 2.30.